The van der Waals surface area contributed by atoms with Crippen molar-refractivity contribution in [2.45, 2.75) is 40.0 Å². The predicted molar refractivity (Wildman–Crippen MR) is 177 cm³/mol. The molecule has 0 aliphatic carbocycles. The Labute approximate surface area is 270 Å². The fourth-order valence-electron chi connectivity index (χ4n) is 4.74. The maximum absolute atomic E-state index is 4.42. The van der Waals surface area contributed by atoms with Gasteiger partial charge in [-0.3, -0.25) is 15.0 Å². The second-order valence-electron chi connectivity index (χ2n) is 9.69. The van der Waals surface area contributed by atoms with Gasteiger partial charge in [-0.1, -0.05) is 130 Å². The molecule has 0 N–H and O–H groups in total. The largest absolute Gasteiger partial charge is 0.256 e. The second kappa shape index (κ2) is 18.3. The molecule has 3 heterocycles. The molecule has 6 aromatic rings. The molecule has 0 aliphatic heterocycles. The van der Waals surface area contributed by atoms with E-state index in [-0.39, 0.29) is 20.1 Å². The summed E-state index contributed by atoms with van der Waals surface area (Å²) < 4.78 is 0. The number of hydrogen-bond donors (Lipinski definition) is 0. The summed E-state index contributed by atoms with van der Waals surface area (Å²) in [7, 11) is 0. The van der Waals surface area contributed by atoms with Crippen molar-refractivity contribution in [1.82, 2.24) is 15.0 Å². The Kier molecular flexibility index (Phi) is 14.2. The molecular formula is C39H39IrN3. The second-order valence-corrected chi connectivity index (χ2v) is 9.69. The molecular weight excluding hydrogens is 703 g/mol. The van der Waals surface area contributed by atoms with E-state index in [4.69, 9.17) is 0 Å². The van der Waals surface area contributed by atoms with E-state index in [0.717, 1.165) is 36.3 Å². The molecule has 0 aliphatic rings. The zero-order valence-corrected chi connectivity index (χ0v) is 27.5. The SMILES string of the molecule is CCc1cccnc1-c1ccccc1.CCc1cccnc1-c1ccccc1.CCc1cccnc1-c1ccccc1.[Ir]. The summed E-state index contributed by atoms with van der Waals surface area (Å²) >= 11 is 0. The van der Waals surface area contributed by atoms with E-state index in [1.54, 1.807) is 0 Å². The van der Waals surface area contributed by atoms with Crippen molar-refractivity contribution in [3.05, 3.63) is 163 Å². The van der Waals surface area contributed by atoms with Crippen molar-refractivity contribution in [2.75, 3.05) is 0 Å². The van der Waals surface area contributed by atoms with E-state index in [2.05, 4.69) is 90.3 Å². The first kappa shape index (κ1) is 33.3. The van der Waals surface area contributed by atoms with Gasteiger partial charge in [-0.15, -0.1) is 0 Å². The molecule has 0 bridgehead atoms. The smallest absolute Gasteiger partial charge is 0.0733 e. The molecule has 3 nitrogen and oxygen atoms in total. The van der Waals surface area contributed by atoms with Crippen LogP contribution in [0.15, 0.2) is 146 Å². The van der Waals surface area contributed by atoms with Crippen LogP contribution >= 0.6 is 0 Å². The van der Waals surface area contributed by atoms with Gasteiger partial charge in [0.15, 0.2) is 0 Å². The minimum atomic E-state index is 0. The van der Waals surface area contributed by atoms with E-state index in [0.29, 0.717) is 0 Å². The van der Waals surface area contributed by atoms with Gasteiger partial charge < -0.3 is 0 Å². The van der Waals surface area contributed by atoms with Gasteiger partial charge in [0.2, 0.25) is 0 Å². The Hall–Kier alpha value is -4.24. The molecule has 0 saturated heterocycles. The molecule has 3 aromatic heterocycles. The van der Waals surface area contributed by atoms with Crippen LogP contribution in [0.5, 0.6) is 0 Å². The summed E-state index contributed by atoms with van der Waals surface area (Å²) in [5.41, 5.74) is 10.8. The van der Waals surface area contributed by atoms with Crippen LogP contribution in [0.25, 0.3) is 33.8 Å². The first-order valence-corrected chi connectivity index (χ1v) is 14.7. The summed E-state index contributed by atoms with van der Waals surface area (Å²) in [6.07, 6.45) is 8.62. The summed E-state index contributed by atoms with van der Waals surface area (Å²) in [6, 6.07) is 43.3. The molecule has 0 atom stereocenters. The number of aryl methyl sites for hydroxylation is 3. The van der Waals surface area contributed by atoms with E-state index < -0.39 is 0 Å². The average Bonchev–Trinajstić information content (AvgIpc) is 3.10. The van der Waals surface area contributed by atoms with Crippen LogP contribution in [0.4, 0.5) is 0 Å². The molecule has 4 heteroatoms. The van der Waals surface area contributed by atoms with E-state index in [9.17, 15) is 0 Å². The number of hydrogen-bond acceptors (Lipinski definition) is 3. The zero-order valence-electron chi connectivity index (χ0n) is 25.2. The summed E-state index contributed by atoms with van der Waals surface area (Å²) in [4.78, 5) is 13.3. The van der Waals surface area contributed by atoms with Gasteiger partial charge in [0.25, 0.3) is 0 Å². The van der Waals surface area contributed by atoms with Crippen LogP contribution in [-0.2, 0) is 39.4 Å². The third-order valence-electron chi connectivity index (χ3n) is 6.96. The topological polar surface area (TPSA) is 38.7 Å². The van der Waals surface area contributed by atoms with Crippen LogP contribution in [0.2, 0.25) is 0 Å². The summed E-state index contributed by atoms with van der Waals surface area (Å²) in [5, 5.41) is 0. The Morgan fingerprint density at radius 2 is 0.605 bits per heavy atom. The molecule has 0 spiro atoms. The van der Waals surface area contributed by atoms with Crippen LogP contribution in [0, 0.1) is 0 Å². The number of nitrogens with zero attached hydrogens (tertiary/aromatic N) is 3. The Morgan fingerprint density at radius 3 is 0.837 bits per heavy atom. The van der Waals surface area contributed by atoms with Crippen molar-refractivity contribution in [3.8, 4) is 33.8 Å². The fraction of sp³-hybridized carbons (Fsp3) is 0.154. The van der Waals surface area contributed by atoms with Gasteiger partial charge in [-0.2, -0.15) is 0 Å². The Balaban J connectivity index is 0.000000175. The molecule has 6 rings (SSSR count). The number of aromatic nitrogens is 3. The van der Waals surface area contributed by atoms with Gasteiger partial charge in [0.05, 0.1) is 17.1 Å². The fourth-order valence-corrected chi connectivity index (χ4v) is 4.74. The molecule has 0 unspecified atom stereocenters. The predicted octanol–water partition coefficient (Wildman–Crippen LogP) is 9.93. The van der Waals surface area contributed by atoms with Gasteiger partial charge in [-0.05, 0) is 54.2 Å². The number of pyridine rings is 3. The standard InChI is InChI=1S/3C13H13N.Ir/c3*1-2-11-9-6-10-14-13(11)12-7-4-3-5-8-12;/h3*3-10H,2H2,1H3;. The van der Waals surface area contributed by atoms with Crippen LogP contribution in [0.1, 0.15) is 37.5 Å². The van der Waals surface area contributed by atoms with Gasteiger partial charge in [0, 0.05) is 55.4 Å². The quantitative estimate of drug-likeness (QED) is 0.171. The average molecular weight is 742 g/mol. The Morgan fingerprint density at radius 1 is 0.349 bits per heavy atom. The number of rotatable bonds is 6. The van der Waals surface area contributed by atoms with Crippen LogP contribution < -0.4 is 0 Å². The number of benzene rings is 3. The van der Waals surface area contributed by atoms with E-state index in [1.165, 1.54) is 33.4 Å². The van der Waals surface area contributed by atoms with E-state index >= 15 is 0 Å². The molecule has 0 fully saturated rings. The zero-order chi connectivity index (χ0) is 29.4. The Bertz CT molecular complexity index is 1420. The van der Waals surface area contributed by atoms with Crippen molar-refractivity contribution in [3.63, 3.8) is 0 Å². The normalized spacial score (nSPS) is 9.84. The first-order valence-electron chi connectivity index (χ1n) is 14.7. The summed E-state index contributed by atoms with van der Waals surface area (Å²) in [6.45, 7) is 6.47. The van der Waals surface area contributed by atoms with Crippen molar-refractivity contribution in [2.24, 2.45) is 0 Å². The van der Waals surface area contributed by atoms with E-state index in [1.807, 2.05) is 91.4 Å². The minimum Gasteiger partial charge on any atom is -0.256 e. The maximum Gasteiger partial charge on any atom is 0.0733 e. The third-order valence-corrected chi connectivity index (χ3v) is 6.96. The minimum absolute atomic E-state index is 0. The molecule has 3 aromatic carbocycles. The molecule has 219 valence electrons. The van der Waals surface area contributed by atoms with Crippen molar-refractivity contribution < 1.29 is 20.1 Å². The first-order chi connectivity index (χ1) is 20.7. The third kappa shape index (κ3) is 9.64. The molecule has 1 radical (unpaired) electrons. The van der Waals surface area contributed by atoms with Gasteiger partial charge in [0.1, 0.15) is 0 Å². The monoisotopic (exact) mass is 742 g/mol. The van der Waals surface area contributed by atoms with Gasteiger partial charge in [-0.25, -0.2) is 0 Å². The molecule has 43 heavy (non-hydrogen) atoms. The van der Waals surface area contributed by atoms with Crippen LogP contribution in [-0.4, -0.2) is 15.0 Å². The van der Waals surface area contributed by atoms with Crippen LogP contribution in [0.3, 0.4) is 0 Å². The van der Waals surface area contributed by atoms with Gasteiger partial charge >= 0.3 is 0 Å². The molecule has 0 saturated carbocycles. The van der Waals surface area contributed by atoms with Crippen molar-refractivity contribution in [1.29, 1.82) is 0 Å². The maximum atomic E-state index is 4.42. The molecule has 0 amide bonds. The van der Waals surface area contributed by atoms with Crippen molar-refractivity contribution >= 4 is 0 Å². The summed E-state index contributed by atoms with van der Waals surface area (Å²) in [5.74, 6) is 0.